The van der Waals surface area contributed by atoms with Crippen LogP contribution in [0.2, 0.25) is 0 Å². The minimum atomic E-state index is -4.54. The number of hydrogen-bond acceptors (Lipinski definition) is 2. The molecule has 2 nitrogen and oxygen atoms in total. The van der Waals surface area contributed by atoms with Gasteiger partial charge in [0, 0.05) is 29.7 Å². The van der Waals surface area contributed by atoms with Gasteiger partial charge in [0.1, 0.15) is 18.1 Å². The second kappa shape index (κ2) is 6.85. The molecule has 1 aromatic rings. The number of carbonyl (C=O) groups is 1. The Kier molecular flexibility index (Phi) is 5.31. The van der Waals surface area contributed by atoms with Crippen molar-refractivity contribution in [3.8, 4) is 0 Å². The van der Waals surface area contributed by atoms with E-state index in [1.54, 1.807) is 0 Å². The molecular formula is C14H14F5NOS. The Morgan fingerprint density at radius 2 is 2.00 bits per heavy atom. The van der Waals surface area contributed by atoms with E-state index >= 15 is 0 Å². The highest BCUT2D eigenvalue weighted by Crippen LogP contribution is 2.36. The van der Waals surface area contributed by atoms with Crippen LogP contribution < -0.4 is 0 Å². The standard InChI is InChI=1S/C14H14F5NOS/c15-9-1-2-11(16)10(7-9)12-3-4-20(5-6-22-12)13(21)8-14(17,18)19/h1-2,7,12H,3-6,8H2/t12-/m0/s1. The third kappa shape index (κ3) is 4.59. The molecular weight excluding hydrogens is 325 g/mol. The van der Waals surface area contributed by atoms with Crippen LogP contribution in [0.15, 0.2) is 18.2 Å². The predicted octanol–water partition coefficient (Wildman–Crippen LogP) is 3.92. The van der Waals surface area contributed by atoms with Crippen LogP contribution in [-0.2, 0) is 4.79 Å². The van der Waals surface area contributed by atoms with E-state index in [-0.39, 0.29) is 30.3 Å². The summed E-state index contributed by atoms with van der Waals surface area (Å²) < 4.78 is 63.8. The fourth-order valence-electron chi connectivity index (χ4n) is 2.31. The number of nitrogens with zero attached hydrogens (tertiary/aromatic N) is 1. The van der Waals surface area contributed by atoms with Gasteiger partial charge >= 0.3 is 6.18 Å². The summed E-state index contributed by atoms with van der Waals surface area (Å²) in [5, 5.41) is -0.376. The number of rotatable bonds is 2. The summed E-state index contributed by atoms with van der Waals surface area (Å²) in [6.45, 7) is 0.273. The summed E-state index contributed by atoms with van der Waals surface area (Å²) in [5.74, 6) is -1.71. The zero-order chi connectivity index (χ0) is 16.3. The lowest BCUT2D eigenvalue weighted by Gasteiger charge is -2.21. The highest BCUT2D eigenvalue weighted by Gasteiger charge is 2.34. The van der Waals surface area contributed by atoms with Crippen molar-refractivity contribution in [2.24, 2.45) is 0 Å². The Bertz CT molecular complexity index is 549. The molecule has 1 aliphatic heterocycles. The first-order valence-corrected chi connectivity index (χ1v) is 7.72. The molecule has 0 aliphatic carbocycles. The molecule has 22 heavy (non-hydrogen) atoms. The van der Waals surface area contributed by atoms with E-state index in [4.69, 9.17) is 0 Å². The van der Waals surface area contributed by atoms with Crippen LogP contribution in [-0.4, -0.2) is 35.8 Å². The molecule has 1 aromatic carbocycles. The molecule has 0 spiro atoms. The lowest BCUT2D eigenvalue weighted by atomic mass is 10.1. The van der Waals surface area contributed by atoms with Gasteiger partial charge in [0.05, 0.1) is 0 Å². The Balaban J connectivity index is 2.03. The monoisotopic (exact) mass is 339 g/mol. The summed E-state index contributed by atoms with van der Waals surface area (Å²) in [6, 6.07) is 3.14. The smallest absolute Gasteiger partial charge is 0.342 e. The molecule has 1 heterocycles. The van der Waals surface area contributed by atoms with Crippen molar-refractivity contribution in [2.45, 2.75) is 24.3 Å². The van der Waals surface area contributed by atoms with Gasteiger partial charge in [-0.3, -0.25) is 4.79 Å². The highest BCUT2D eigenvalue weighted by atomic mass is 32.2. The summed E-state index contributed by atoms with van der Waals surface area (Å²) >= 11 is 1.32. The minimum absolute atomic E-state index is 0.0997. The molecule has 0 aromatic heterocycles. The van der Waals surface area contributed by atoms with Crippen molar-refractivity contribution in [1.29, 1.82) is 0 Å². The van der Waals surface area contributed by atoms with Crippen LogP contribution in [0.25, 0.3) is 0 Å². The van der Waals surface area contributed by atoms with Gasteiger partial charge in [-0.15, -0.1) is 0 Å². The molecule has 0 N–H and O–H groups in total. The van der Waals surface area contributed by atoms with Gasteiger partial charge in [-0.1, -0.05) is 0 Å². The molecule has 0 unspecified atom stereocenters. The second-order valence-electron chi connectivity index (χ2n) is 4.99. The Morgan fingerprint density at radius 1 is 1.27 bits per heavy atom. The highest BCUT2D eigenvalue weighted by molar-refractivity contribution is 7.99. The van der Waals surface area contributed by atoms with Crippen molar-refractivity contribution in [3.63, 3.8) is 0 Å². The molecule has 0 radical (unpaired) electrons. The fourth-order valence-corrected chi connectivity index (χ4v) is 3.56. The molecule has 1 atom stereocenters. The third-order valence-corrected chi connectivity index (χ3v) is 4.66. The van der Waals surface area contributed by atoms with E-state index in [9.17, 15) is 26.7 Å². The van der Waals surface area contributed by atoms with Crippen molar-refractivity contribution in [2.75, 3.05) is 18.8 Å². The first-order chi connectivity index (χ1) is 10.3. The zero-order valence-electron chi connectivity index (χ0n) is 11.5. The average molecular weight is 339 g/mol. The quantitative estimate of drug-likeness (QED) is 0.761. The molecule has 2 rings (SSSR count). The summed E-state index contributed by atoms with van der Waals surface area (Å²) in [4.78, 5) is 12.7. The van der Waals surface area contributed by atoms with Crippen LogP contribution in [0, 0.1) is 11.6 Å². The molecule has 1 fully saturated rings. The van der Waals surface area contributed by atoms with Gasteiger partial charge in [0.25, 0.3) is 0 Å². The lowest BCUT2D eigenvalue weighted by Crippen LogP contribution is -2.35. The molecule has 0 bridgehead atoms. The van der Waals surface area contributed by atoms with E-state index in [2.05, 4.69) is 0 Å². The molecule has 1 saturated heterocycles. The van der Waals surface area contributed by atoms with Gasteiger partial charge in [-0.25, -0.2) is 8.78 Å². The number of hydrogen-bond donors (Lipinski definition) is 0. The number of amides is 1. The van der Waals surface area contributed by atoms with Gasteiger partial charge < -0.3 is 4.90 Å². The van der Waals surface area contributed by atoms with Crippen LogP contribution >= 0.6 is 11.8 Å². The fraction of sp³-hybridized carbons (Fsp3) is 0.500. The molecule has 122 valence electrons. The van der Waals surface area contributed by atoms with Crippen LogP contribution in [0.3, 0.4) is 0 Å². The Morgan fingerprint density at radius 3 is 2.68 bits per heavy atom. The number of halogens is 5. The van der Waals surface area contributed by atoms with Crippen LogP contribution in [0.1, 0.15) is 23.7 Å². The summed E-state index contributed by atoms with van der Waals surface area (Å²) in [6.07, 6.45) is -5.74. The van der Waals surface area contributed by atoms with Gasteiger partial charge in [0.15, 0.2) is 0 Å². The van der Waals surface area contributed by atoms with Crippen molar-refractivity contribution in [3.05, 3.63) is 35.4 Å². The van der Waals surface area contributed by atoms with Crippen molar-refractivity contribution < 1.29 is 26.7 Å². The van der Waals surface area contributed by atoms with Crippen LogP contribution in [0.5, 0.6) is 0 Å². The molecule has 8 heteroatoms. The zero-order valence-corrected chi connectivity index (χ0v) is 12.3. The Labute approximate surface area is 128 Å². The first-order valence-electron chi connectivity index (χ1n) is 6.67. The number of benzene rings is 1. The van der Waals surface area contributed by atoms with E-state index < -0.39 is 30.1 Å². The van der Waals surface area contributed by atoms with Crippen molar-refractivity contribution in [1.82, 2.24) is 4.90 Å². The van der Waals surface area contributed by atoms with Gasteiger partial charge in [0.2, 0.25) is 5.91 Å². The second-order valence-corrected chi connectivity index (χ2v) is 6.30. The lowest BCUT2D eigenvalue weighted by molar-refractivity contribution is -0.161. The molecule has 0 saturated carbocycles. The molecule has 1 amide bonds. The number of carbonyl (C=O) groups excluding carboxylic acids is 1. The Hall–Kier alpha value is -1.31. The number of thioether (sulfide) groups is 1. The molecule has 1 aliphatic rings. The normalized spacial score (nSPS) is 19.9. The topological polar surface area (TPSA) is 20.3 Å². The maximum atomic E-state index is 13.8. The van der Waals surface area contributed by atoms with E-state index in [1.807, 2.05) is 0 Å². The maximum absolute atomic E-state index is 13.8. The van der Waals surface area contributed by atoms with E-state index in [1.165, 1.54) is 11.8 Å². The first kappa shape index (κ1) is 17.1. The van der Waals surface area contributed by atoms with E-state index in [0.29, 0.717) is 5.75 Å². The van der Waals surface area contributed by atoms with Crippen LogP contribution in [0.4, 0.5) is 22.0 Å². The van der Waals surface area contributed by atoms with E-state index in [0.717, 1.165) is 23.1 Å². The third-order valence-electron chi connectivity index (χ3n) is 3.35. The maximum Gasteiger partial charge on any atom is 0.397 e. The van der Waals surface area contributed by atoms with Gasteiger partial charge in [-0.05, 0) is 24.6 Å². The predicted molar refractivity (Wildman–Crippen MR) is 73.4 cm³/mol. The SMILES string of the molecule is O=C(CC(F)(F)F)N1CCS[C@H](c2cc(F)ccc2F)CC1. The minimum Gasteiger partial charge on any atom is -0.342 e. The average Bonchev–Trinajstić information content (AvgIpc) is 2.65. The summed E-state index contributed by atoms with van der Waals surface area (Å²) in [7, 11) is 0. The summed E-state index contributed by atoms with van der Waals surface area (Å²) in [5.41, 5.74) is 0.190. The number of alkyl halides is 3. The van der Waals surface area contributed by atoms with Gasteiger partial charge in [-0.2, -0.15) is 24.9 Å². The largest absolute Gasteiger partial charge is 0.397 e. The van der Waals surface area contributed by atoms with Crippen molar-refractivity contribution >= 4 is 17.7 Å².